The van der Waals surface area contributed by atoms with Crippen LogP contribution in [0.3, 0.4) is 0 Å². The van der Waals surface area contributed by atoms with Gasteiger partial charge in [-0.3, -0.25) is 9.88 Å². The van der Waals surface area contributed by atoms with Gasteiger partial charge in [-0.1, -0.05) is 47.5 Å². The number of anilines is 2. The van der Waals surface area contributed by atoms with E-state index in [-0.39, 0.29) is 0 Å². The van der Waals surface area contributed by atoms with Crippen molar-refractivity contribution < 1.29 is 4.74 Å². The summed E-state index contributed by atoms with van der Waals surface area (Å²) in [6.07, 6.45) is 9.36. The van der Waals surface area contributed by atoms with Crippen molar-refractivity contribution in [2.24, 2.45) is 0 Å². The number of allylic oxidation sites excluding steroid dienone is 1. The number of pyridine rings is 1. The van der Waals surface area contributed by atoms with Crippen molar-refractivity contribution in [2.75, 3.05) is 38.2 Å². The third-order valence-electron chi connectivity index (χ3n) is 5.71. The molecule has 0 amide bonds. The second-order valence-corrected chi connectivity index (χ2v) is 8.88. The zero-order chi connectivity index (χ0) is 23.0. The van der Waals surface area contributed by atoms with Crippen LogP contribution in [0.15, 0.2) is 48.7 Å². The number of unbranched alkanes of at least 4 members (excludes halogenated alkanes) is 2. The van der Waals surface area contributed by atoms with E-state index < -0.39 is 0 Å². The van der Waals surface area contributed by atoms with Crippen LogP contribution in [-0.2, 0) is 4.74 Å². The number of halogens is 2. The van der Waals surface area contributed by atoms with Gasteiger partial charge in [-0.2, -0.15) is 5.26 Å². The number of nitriles is 1. The molecule has 1 saturated heterocycles. The zero-order valence-electron chi connectivity index (χ0n) is 18.4. The van der Waals surface area contributed by atoms with Gasteiger partial charge in [0.15, 0.2) is 0 Å². The SMILES string of the molecule is N#Cc1cnc2cc(C=CCCCCN3CCOCC3)ccc2c1Nc1ccc(Cl)cc1Cl. The van der Waals surface area contributed by atoms with Gasteiger partial charge in [0.2, 0.25) is 0 Å². The Hall–Kier alpha value is -2.62. The van der Waals surface area contributed by atoms with Crippen molar-refractivity contribution in [3.63, 3.8) is 0 Å². The van der Waals surface area contributed by atoms with E-state index >= 15 is 0 Å². The Kier molecular flexibility index (Phi) is 8.20. The van der Waals surface area contributed by atoms with Crippen LogP contribution >= 0.6 is 23.2 Å². The molecule has 2 aromatic carbocycles. The largest absolute Gasteiger partial charge is 0.379 e. The van der Waals surface area contributed by atoms with Crippen LogP contribution in [0.2, 0.25) is 10.0 Å². The van der Waals surface area contributed by atoms with Crippen LogP contribution < -0.4 is 5.32 Å². The smallest absolute Gasteiger partial charge is 0.103 e. The number of rotatable bonds is 8. The Morgan fingerprint density at radius 3 is 2.76 bits per heavy atom. The molecule has 0 aliphatic carbocycles. The summed E-state index contributed by atoms with van der Waals surface area (Å²) in [6, 6.07) is 13.5. The first kappa shape index (κ1) is 23.5. The maximum Gasteiger partial charge on any atom is 0.103 e. The minimum atomic E-state index is 0.456. The summed E-state index contributed by atoms with van der Waals surface area (Å²) >= 11 is 12.3. The van der Waals surface area contributed by atoms with E-state index in [0.717, 1.165) is 55.7 Å². The van der Waals surface area contributed by atoms with Crippen molar-refractivity contribution in [1.82, 2.24) is 9.88 Å². The Morgan fingerprint density at radius 1 is 1.12 bits per heavy atom. The van der Waals surface area contributed by atoms with E-state index in [4.69, 9.17) is 27.9 Å². The molecule has 1 aliphatic heterocycles. The third-order valence-corrected chi connectivity index (χ3v) is 6.26. The van der Waals surface area contributed by atoms with Crippen LogP contribution in [0.5, 0.6) is 0 Å². The van der Waals surface area contributed by atoms with Gasteiger partial charge in [-0.15, -0.1) is 0 Å². The predicted octanol–water partition coefficient (Wildman–Crippen LogP) is 6.67. The van der Waals surface area contributed by atoms with Crippen LogP contribution in [0.25, 0.3) is 17.0 Å². The highest BCUT2D eigenvalue weighted by atomic mass is 35.5. The van der Waals surface area contributed by atoms with Gasteiger partial charge in [0.1, 0.15) is 6.07 Å². The highest BCUT2D eigenvalue weighted by molar-refractivity contribution is 6.36. The fourth-order valence-electron chi connectivity index (χ4n) is 3.90. The average Bonchev–Trinajstić information content (AvgIpc) is 2.83. The molecule has 3 aromatic rings. The fourth-order valence-corrected chi connectivity index (χ4v) is 4.36. The van der Waals surface area contributed by atoms with E-state index in [1.165, 1.54) is 12.8 Å². The number of hydrogen-bond acceptors (Lipinski definition) is 5. The summed E-state index contributed by atoms with van der Waals surface area (Å²) in [5.41, 5.74) is 3.73. The van der Waals surface area contributed by atoms with Gasteiger partial charge in [-0.05, 0) is 55.6 Å². The molecule has 7 heteroatoms. The molecular weight excluding hydrogens is 455 g/mol. The lowest BCUT2D eigenvalue weighted by atomic mass is 10.1. The molecule has 1 fully saturated rings. The number of nitrogens with zero attached hydrogens (tertiary/aromatic N) is 3. The lowest BCUT2D eigenvalue weighted by Crippen LogP contribution is -2.36. The summed E-state index contributed by atoms with van der Waals surface area (Å²) in [5.74, 6) is 0. The topological polar surface area (TPSA) is 61.2 Å². The summed E-state index contributed by atoms with van der Waals surface area (Å²) in [4.78, 5) is 6.97. The van der Waals surface area contributed by atoms with Gasteiger partial charge >= 0.3 is 0 Å². The number of morpholine rings is 1. The molecule has 0 radical (unpaired) electrons. The number of benzene rings is 2. The number of ether oxygens (including phenoxy) is 1. The summed E-state index contributed by atoms with van der Waals surface area (Å²) < 4.78 is 5.40. The molecule has 1 aromatic heterocycles. The van der Waals surface area contributed by atoms with Crippen molar-refractivity contribution in [2.45, 2.75) is 19.3 Å². The molecule has 170 valence electrons. The molecule has 2 heterocycles. The van der Waals surface area contributed by atoms with Gasteiger partial charge in [-0.25, -0.2) is 0 Å². The molecule has 0 saturated carbocycles. The number of nitrogens with one attached hydrogen (secondary N) is 1. The average molecular weight is 481 g/mol. The molecule has 0 bridgehead atoms. The molecule has 0 spiro atoms. The maximum absolute atomic E-state index is 9.59. The predicted molar refractivity (Wildman–Crippen MR) is 136 cm³/mol. The second-order valence-electron chi connectivity index (χ2n) is 8.04. The number of hydrogen-bond donors (Lipinski definition) is 1. The second kappa shape index (κ2) is 11.5. The molecule has 1 N–H and O–H groups in total. The van der Waals surface area contributed by atoms with Crippen molar-refractivity contribution >= 4 is 51.6 Å². The maximum atomic E-state index is 9.59. The first-order valence-electron chi connectivity index (χ1n) is 11.2. The first-order chi connectivity index (χ1) is 16.1. The molecule has 33 heavy (non-hydrogen) atoms. The summed E-state index contributed by atoms with van der Waals surface area (Å²) in [7, 11) is 0. The fraction of sp³-hybridized carbons (Fsp3) is 0.308. The van der Waals surface area contributed by atoms with Crippen LogP contribution in [-0.4, -0.2) is 42.7 Å². The van der Waals surface area contributed by atoms with E-state index in [2.05, 4.69) is 33.4 Å². The number of fused-ring (bicyclic) bond motifs is 1. The van der Waals surface area contributed by atoms with Gasteiger partial charge < -0.3 is 10.1 Å². The Labute approximate surface area is 204 Å². The Balaban J connectivity index is 1.43. The lowest BCUT2D eigenvalue weighted by Gasteiger charge is -2.26. The zero-order valence-corrected chi connectivity index (χ0v) is 19.9. The molecule has 0 unspecified atom stereocenters. The monoisotopic (exact) mass is 480 g/mol. The van der Waals surface area contributed by atoms with E-state index in [1.54, 1.807) is 24.4 Å². The van der Waals surface area contributed by atoms with E-state index in [1.807, 2.05) is 18.2 Å². The minimum absolute atomic E-state index is 0.456. The normalized spacial score (nSPS) is 14.6. The van der Waals surface area contributed by atoms with E-state index in [0.29, 0.717) is 27.0 Å². The standard InChI is InChI=1S/C26H26Cl2N4O/c27-21-7-9-24(23(28)16-21)31-26-20(17-29)18-30-25-15-19(6-8-22(25)26)5-3-1-2-4-10-32-11-13-33-14-12-32/h3,5-9,15-16,18H,1-2,4,10-14H2,(H,30,31). The van der Waals surface area contributed by atoms with Crippen molar-refractivity contribution in [3.8, 4) is 6.07 Å². The third kappa shape index (κ3) is 6.25. The molecule has 4 rings (SSSR count). The van der Waals surface area contributed by atoms with Crippen LogP contribution in [0.1, 0.15) is 30.4 Å². The summed E-state index contributed by atoms with van der Waals surface area (Å²) in [6.45, 7) is 4.96. The summed E-state index contributed by atoms with van der Waals surface area (Å²) in [5, 5.41) is 14.8. The van der Waals surface area contributed by atoms with Crippen molar-refractivity contribution in [1.29, 1.82) is 5.26 Å². The van der Waals surface area contributed by atoms with E-state index in [9.17, 15) is 5.26 Å². The molecule has 1 aliphatic rings. The van der Waals surface area contributed by atoms with Gasteiger partial charge in [0.05, 0.1) is 40.7 Å². The van der Waals surface area contributed by atoms with Crippen LogP contribution in [0, 0.1) is 11.3 Å². The van der Waals surface area contributed by atoms with Gasteiger partial charge in [0, 0.05) is 29.7 Å². The highest BCUT2D eigenvalue weighted by Gasteiger charge is 2.12. The first-order valence-corrected chi connectivity index (χ1v) is 11.9. The molecular formula is C26H26Cl2N4O. The number of aromatic nitrogens is 1. The Morgan fingerprint density at radius 2 is 1.97 bits per heavy atom. The van der Waals surface area contributed by atoms with Crippen LogP contribution in [0.4, 0.5) is 11.4 Å². The quantitative estimate of drug-likeness (QED) is 0.364. The highest BCUT2D eigenvalue weighted by Crippen LogP contribution is 2.33. The van der Waals surface area contributed by atoms with Crippen molar-refractivity contribution in [3.05, 3.63) is 69.8 Å². The Bertz CT molecular complexity index is 1180. The minimum Gasteiger partial charge on any atom is -0.379 e. The molecule has 0 atom stereocenters. The lowest BCUT2D eigenvalue weighted by molar-refractivity contribution is 0.0372. The van der Waals surface area contributed by atoms with Gasteiger partial charge in [0.25, 0.3) is 0 Å². The molecule has 5 nitrogen and oxygen atoms in total.